The molecule has 1 amide bonds. The number of nitro benzene ring substituents is 1. The summed E-state index contributed by atoms with van der Waals surface area (Å²) in [5.74, 6) is -0.674. The van der Waals surface area contributed by atoms with Crippen LogP contribution in [0.3, 0.4) is 0 Å². The number of rotatable bonds is 6. The third-order valence-electron chi connectivity index (χ3n) is 5.32. The molecule has 1 saturated heterocycles. The molecular formula is C21H22FN3O4. The van der Waals surface area contributed by atoms with Gasteiger partial charge in [0, 0.05) is 42.9 Å². The molecule has 4 rings (SSSR count). The Morgan fingerprint density at radius 3 is 2.59 bits per heavy atom. The molecule has 2 aliphatic rings. The van der Waals surface area contributed by atoms with Crippen LogP contribution in [0.2, 0.25) is 0 Å². The Morgan fingerprint density at radius 2 is 1.93 bits per heavy atom. The number of carbonyl (C=O) groups is 1. The Morgan fingerprint density at radius 1 is 1.21 bits per heavy atom. The molecule has 1 saturated carbocycles. The lowest BCUT2D eigenvalue weighted by atomic mass is 10.1. The maximum Gasteiger partial charge on any atom is 0.293 e. The first-order valence-corrected chi connectivity index (χ1v) is 9.70. The molecule has 7 nitrogen and oxygen atoms in total. The summed E-state index contributed by atoms with van der Waals surface area (Å²) >= 11 is 0. The van der Waals surface area contributed by atoms with Gasteiger partial charge in [0.2, 0.25) is 0 Å². The lowest BCUT2D eigenvalue weighted by molar-refractivity contribution is -0.384. The van der Waals surface area contributed by atoms with Gasteiger partial charge < -0.3 is 14.5 Å². The highest BCUT2D eigenvalue weighted by molar-refractivity contribution is 5.96. The van der Waals surface area contributed by atoms with Crippen LogP contribution in [0.1, 0.15) is 28.8 Å². The summed E-state index contributed by atoms with van der Waals surface area (Å²) in [5, 5.41) is 11.7. The van der Waals surface area contributed by atoms with Crippen molar-refractivity contribution >= 4 is 17.3 Å². The zero-order valence-corrected chi connectivity index (χ0v) is 15.9. The third-order valence-corrected chi connectivity index (χ3v) is 5.32. The molecule has 0 bridgehead atoms. The Kier molecular flexibility index (Phi) is 5.44. The average molecular weight is 399 g/mol. The highest BCUT2D eigenvalue weighted by atomic mass is 19.1. The van der Waals surface area contributed by atoms with E-state index in [-0.39, 0.29) is 35.6 Å². The Balaban J connectivity index is 1.62. The fraction of sp³-hybridized carbons (Fsp3) is 0.381. The first-order valence-electron chi connectivity index (χ1n) is 9.70. The lowest BCUT2D eigenvalue weighted by Gasteiger charge is -2.29. The van der Waals surface area contributed by atoms with Crippen LogP contribution < -0.4 is 4.90 Å². The van der Waals surface area contributed by atoms with Gasteiger partial charge in [0.05, 0.1) is 18.1 Å². The molecule has 0 N–H and O–H groups in total. The van der Waals surface area contributed by atoms with Crippen LogP contribution in [0.5, 0.6) is 0 Å². The van der Waals surface area contributed by atoms with E-state index in [4.69, 9.17) is 4.74 Å². The predicted molar refractivity (Wildman–Crippen MR) is 105 cm³/mol. The summed E-state index contributed by atoms with van der Waals surface area (Å²) in [7, 11) is 0. The van der Waals surface area contributed by atoms with E-state index in [9.17, 15) is 19.3 Å². The molecule has 0 atom stereocenters. The molecule has 1 heterocycles. The minimum Gasteiger partial charge on any atom is -0.378 e. The summed E-state index contributed by atoms with van der Waals surface area (Å²) in [6, 6.07) is 11.0. The zero-order valence-electron chi connectivity index (χ0n) is 15.9. The number of nitro groups is 1. The van der Waals surface area contributed by atoms with Crippen molar-refractivity contribution in [2.45, 2.75) is 25.4 Å². The first kappa shape index (κ1) is 19.3. The molecule has 29 heavy (non-hydrogen) atoms. The first-order chi connectivity index (χ1) is 14.0. The number of hydrogen-bond acceptors (Lipinski definition) is 5. The van der Waals surface area contributed by atoms with Crippen molar-refractivity contribution in [1.29, 1.82) is 0 Å². The Bertz CT molecular complexity index is 926. The van der Waals surface area contributed by atoms with Gasteiger partial charge in [-0.2, -0.15) is 0 Å². The number of nitrogens with zero attached hydrogens (tertiary/aromatic N) is 3. The largest absolute Gasteiger partial charge is 0.378 e. The van der Waals surface area contributed by atoms with Crippen LogP contribution in [-0.2, 0) is 11.3 Å². The molecule has 2 aromatic rings. The molecule has 1 aliphatic carbocycles. The number of carbonyl (C=O) groups excluding carboxylic acids is 1. The van der Waals surface area contributed by atoms with Gasteiger partial charge in [-0.25, -0.2) is 4.39 Å². The van der Waals surface area contributed by atoms with Gasteiger partial charge in [-0.3, -0.25) is 14.9 Å². The highest BCUT2D eigenvalue weighted by Crippen LogP contribution is 2.33. The monoisotopic (exact) mass is 399 g/mol. The minimum absolute atomic E-state index is 0.0417. The van der Waals surface area contributed by atoms with E-state index in [1.165, 1.54) is 12.1 Å². The highest BCUT2D eigenvalue weighted by Gasteiger charge is 2.34. The van der Waals surface area contributed by atoms with Gasteiger partial charge in [-0.1, -0.05) is 18.2 Å². The smallest absolute Gasteiger partial charge is 0.293 e. The Labute approximate surface area is 167 Å². The maximum atomic E-state index is 14.1. The number of amides is 1. The van der Waals surface area contributed by atoms with Gasteiger partial charge in [-0.05, 0) is 31.0 Å². The van der Waals surface area contributed by atoms with Gasteiger partial charge in [-0.15, -0.1) is 0 Å². The van der Waals surface area contributed by atoms with Gasteiger partial charge in [0.25, 0.3) is 11.6 Å². The lowest BCUT2D eigenvalue weighted by Crippen LogP contribution is -2.36. The molecule has 0 spiro atoms. The topological polar surface area (TPSA) is 75.9 Å². The SMILES string of the molecule is O=C(c1ccc(N2CCOCC2)c([N+](=O)[O-])c1)N(Cc1ccccc1F)C1CC1. The fourth-order valence-electron chi connectivity index (χ4n) is 3.60. The molecule has 0 radical (unpaired) electrons. The molecule has 152 valence electrons. The van der Waals surface area contributed by atoms with E-state index < -0.39 is 4.92 Å². The van der Waals surface area contributed by atoms with Crippen molar-refractivity contribution in [3.8, 4) is 0 Å². The van der Waals surface area contributed by atoms with E-state index >= 15 is 0 Å². The second-order valence-electron chi connectivity index (χ2n) is 7.32. The number of ether oxygens (including phenoxy) is 1. The van der Waals surface area contributed by atoms with Crippen LogP contribution in [0.4, 0.5) is 15.8 Å². The van der Waals surface area contributed by atoms with Crippen LogP contribution in [0.25, 0.3) is 0 Å². The molecule has 1 aliphatic heterocycles. The quantitative estimate of drug-likeness (QED) is 0.550. The summed E-state index contributed by atoms with van der Waals surface area (Å²) in [6.45, 7) is 2.30. The second-order valence-corrected chi connectivity index (χ2v) is 7.32. The summed E-state index contributed by atoms with van der Waals surface area (Å²) in [5.41, 5.74) is 1.07. The van der Waals surface area contributed by atoms with E-state index in [1.807, 2.05) is 4.90 Å². The van der Waals surface area contributed by atoms with Crippen molar-refractivity contribution in [1.82, 2.24) is 4.90 Å². The number of benzene rings is 2. The van der Waals surface area contributed by atoms with Gasteiger partial charge in [0.15, 0.2) is 0 Å². The fourth-order valence-corrected chi connectivity index (χ4v) is 3.60. The van der Waals surface area contributed by atoms with Crippen LogP contribution in [-0.4, -0.2) is 48.1 Å². The molecule has 8 heteroatoms. The normalized spacial score (nSPS) is 16.5. The number of hydrogen-bond donors (Lipinski definition) is 0. The summed E-state index contributed by atoms with van der Waals surface area (Å²) in [4.78, 5) is 27.9. The third kappa shape index (κ3) is 4.22. The van der Waals surface area contributed by atoms with Gasteiger partial charge >= 0.3 is 0 Å². The van der Waals surface area contributed by atoms with Crippen molar-refractivity contribution in [3.63, 3.8) is 0 Å². The second kappa shape index (κ2) is 8.16. The zero-order chi connectivity index (χ0) is 20.4. The van der Waals surface area contributed by atoms with E-state index in [0.29, 0.717) is 37.6 Å². The minimum atomic E-state index is -0.458. The van der Waals surface area contributed by atoms with E-state index in [1.54, 1.807) is 35.2 Å². The molecular weight excluding hydrogens is 377 g/mol. The number of anilines is 1. The number of halogens is 1. The van der Waals surface area contributed by atoms with Crippen molar-refractivity contribution in [3.05, 3.63) is 69.5 Å². The van der Waals surface area contributed by atoms with E-state index in [0.717, 1.165) is 12.8 Å². The van der Waals surface area contributed by atoms with Crippen molar-refractivity contribution < 1.29 is 18.8 Å². The molecule has 2 fully saturated rings. The van der Waals surface area contributed by atoms with Crippen LogP contribution >= 0.6 is 0 Å². The summed E-state index contributed by atoms with van der Waals surface area (Å²) < 4.78 is 19.4. The molecule has 2 aromatic carbocycles. The van der Waals surface area contributed by atoms with Gasteiger partial charge in [0.1, 0.15) is 11.5 Å². The van der Waals surface area contributed by atoms with Crippen molar-refractivity contribution in [2.24, 2.45) is 0 Å². The molecule has 0 aromatic heterocycles. The number of morpholine rings is 1. The average Bonchev–Trinajstić information content (AvgIpc) is 3.58. The summed E-state index contributed by atoms with van der Waals surface area (Å²) in [6.07, 6.45) is 1.71. The van der Waals surface area contributed by atoms with Crippen LogP contribution in [0.15, 0.2) is 42.5 Å². The van der Waals surface area contributed by atoms with Crippen LogP contribution in [0, 0.1) is 15.9 Å². The predicted octanol–water partition coefficient (Wildman–Crippen LogP) is 3.38. The maximum absolute atomic E-state index is 14.1. The van der Waals surface area contributed by atoms with E-state index in [2.05, 4.69) is 0 Å². The standard InChI is InChI=1S/C21H22FN3O4/c22-18-4-2-1-3-16(18)14-24(17-6-7-17)21(26)15-5-8-19(20(13-15)25(27)28)23-9-11-29-12-10-23/h1-5,8,13,17H,6-7,9-12,14H2. The Hall–Kier alpha value is -3.00. The van der Waals surface area contributed by atoms with Crippen molar-refractivity contribution in [2.75, 3.05) is 31.2 Å². The molecule has 0 unspecified atom stereocenters.